The van der Waals surface area contributed by atoms with Crippen molar-refractivity contribution in [2.75, 3.05) is 44.3 Å². The smallest absolute Gasteiger partial charge is 0.168 e. The average Bonchev–Trinajstić information content (AvgIpc) is 2.56. The van der Waals surface area contributed by atoms with Crippen LogP contribution in [0, 0.1) is 11.7 Å². The summed E-state index contributed by atoms with van der Waals surface area (Å²) < 4.78 is 19.0. The number of hydrogen-bond acceptors (Lipinski definition) is 4. The van der Waals surface area contributed by atoms with Crippen LogP contribution in [0.25, 0.3) is 0 Å². The number of carbonyl (C=O) groups is 1. The molecule has 0 radical (unpaired) electrons. The van der Waals surface area contributed by atoms with Crippen LogP contribution in [0.1, 0.15) is 23.2 Å². The van der Waals surface area contributed by atoms with Gasteiger partial charge in [0.15, 0.2) is 5.78 Å². The number of Topliss-reactive ketones (excluding diaryl/α,β-unsaturated/α-hetero) is 1. The van der Waals surface area contributed by atoms with E-state index in [1.54, 1.807) is 6.07 Å². The summed E-state index contributed by atoms with van der Waals surface area (Å²) in [6, 6.07) is 4.52. The Balaban J connectivity index is 1.87. The highest BCUT2D eigenvalue weighted by Gasteiger charge is 2.26. The van der Waals surface area contributed by atoms with Gasteiger partial charge in [0, 0.05) is 24.6 Å². The largest absolute Gasteiger partial charge is 0.378 e. The molecule has 2 aliphatic rings. The lowest BCUT2D eigenvalue weighted by atomic mass is 9.88. The third-order valence-corrected chi connectivity index (χ3v) is 4.29. The maximum Gasteiger partial charge on any atom is 0.168 e. The number of nitrogens with one attached hydrogen (secondary N) is 1. The zero-order chi connectivity index (χ0) is 14.7. The summed E-state index contributed by atoms with van der Waals surface area (Å²) >= 11 is 0. The molecule has 114 valence electrons. The summed E-state index contributed by atoms with van der Waals surface area (Å²) in [7, 11) is 0. The standard InChI is InChI=1S/C16H21FN2O2/c17-13-1-2-14(16(20)12-3-5-18-6-4-12)15(11-13)19-7-9-21-10-8-19/h1-2,11-12,18H,3-10H2. The molecule has 0 bridgehead atoms. The van der Waals surface area contributed by atoms with Crippen molar-refractivity contribution in [2.45, 2.75) is 12.8 Å². The van der Waals surface area contributed by atoms with E-state index in [4.69, 9.17) is 4.74 Å². The summed E-state index contributed by atoms with van der Waals surface area (Å²) in [5, 5.41) is 3.27. The lowest BCUT2D eigenvalue weighted by Gasteiger charge is -2.31. The van der Waals surface area contributed by atoms with E-state index in [9.17, 15) is 9.18 Å². The van der Waals surface area contributed by atoms with Gasteiger partial charge in [0.2, 0.25) is 0 Å². The number of halogens is 1. The topological polar surface area (TPSA) is 41.6 Å². The molecule has 2 heterocycles. The molecule has 0 atom stereocenters. The van der Waals surface area contributed by atoms with Gasteiger partial charge in [-0.15, -0.1) is 0 Å². The predicted molar refractivity (Wildman–Crippen MR) is 79.4 cm³/mol. The molecule has 2 saturated heterocycles. The monoisotopic (exact) mass is 292 g/mol. The van der Waals surface area contributed by atoms with E-state index >= 15 is 0 Å². The summed E-state index contributed by atoms with van der Waals surface area (Å²) in [6.07, 6.45) is 1.72. The molecule has 0 unspecified atom stereocenters. The van der Waals surface area contributed by atoms with Gasteiger partial charge < -0.3 is 15.0 Å². The maximum atomic E-state index is 13.6. The van der Waals surface area contributed by atoms with Gasteiger partial charge in [-0.2, -0.15) is 0 Å². The van der Waals surface area contributed by atoms with Crippen molar-refractivity contribution in [3.63, 3.8) is 0 Å². The highest BCUT2D eigenvalue weighted by molar-refractivity contribution is 6.03. The quantitative estimate of drug-likeness (QED) is 0.863. The van der Waals surface area contributed by atoms with Crippen LogP contribution in [-0.2, 0) is 4.74 Å². The first-order valence-electron chi connectivity index (χ1n) is 7.63. The Bertz CT molecular complexity index is 509. The van der Waals surface area contributed by atoms with Crippen molar-refractivity contribution in [1.82, 2.24) is 5.32 Å². The number of anilines is 1. The molecule has 0 aromatic heterocycles. The van der Waals surface area contributed by atoms with Gasteiger partial charge in [-0.25, -0.2) is 4.39 Å². The number of ether oxygens (including phenoxy) is 1. The van der Waals surface area contributed by atoms with Gasteiger partial charge in [-0.05, 0) is 44.1 Å². The van der Waals surface area contributed by atoms with Crippen LogP contribution in [0.2, 0.25) is 0 Å². The number of rotatable bonds is 3. The van der Waals surface area contributed by atoms with Gasteiger partial charge in [-0.1, -0.05) is 0 Å². The molecular weight excluding hydrogens is 271 g/mol. The van der Waals surface area contributed by atoms with Crippen molar-refractivity contribution >= 4 is 11.5 Å². The van der Waals surface area contributed by atoms with Gasteiger partial charge in [-0.3, -0.25) is 4.79 Å². The summed E-state index contributed by atoms with van der Waals surface area (Å²) in [4.78, 5) is 14.8. The first kappa shape index (κ1) is 14.5. The number of benzene rings is 1. The second-order valence-corrected chi connectivity index (χ2v) is 5.65. The van der Waals surface area contributed by atoms with Crippen molar-refractivity contribution in [3.05, 3.63) is 29.6 Å². The van der Waals surface area contributed by atoms with Crippen molar-refractivity contribution in [1.29, 1.82) is 0 Å². The average molecular weight is 292 g/mol. The SMILES string of the molecule is O=C(c1ccc(F)cc1N1CCOCC1)C1CCNCC1. The Morgan fingerprint density at radius 1 is 1.24 bits per heavy atom. The molecule has 0 aliphatic carbocycles. The number of ketones is 1. The highest BCUT2D eigenvalue weighted by Crippen LogP contribution is 2.28. The zero-order valence-corrected chi connectivity index (χ0v) is 12.1. The fourth-order valence-electron chi connectivity index (χ4n) is 3.08. The second-order valence-electron chi connectivity index (χ2n) is 5.65. The molecule has 0 spiro atoms. The van der Waals surface area contributed by atoms with Crippen LogP contribution in [0.4, 0.5) is 10.1 Å². The molecular formula is C16H21FN2O2. The van der Waals surface area contributed by atoms with E-state index in [1.807, 2.05) is 0 Å². The molecule has 1 aromatic rings. The number of nitrogens with zero attached hydrogens (tertiary/aromatic N) is 1. The molecule has 21 heavy (non-hydrogen) atoms. The summed E-state index contributed by atoms with van der Waals surface area (Å²) in [5.74, 6) is -0.0900. The Kier molecular flexibility index (Phi) is 4.51. The third-order valence-electron chi connectivity index (χ3n) is 4.29. The lowest BCUT2D eigenvalue weighted by molar-refractivity contribution is 0.0894. The van der Waals surface area contributed by atoms with Crippen molar-refractivity contribution < 1.29 is 13.9 Å². The minimum atomic E-state index is -0.293. The fraction of sp³-hybridized carbons (Fsp3) is 0.562. The predicted octanol–water partition coefficient (Wildman–Crippen LogP) is 1.84. The Morgan fingerprint density at radius 3 is 2.67 bits per heavy atom. The molecule has 2 fully saturated rings. The van der Waals surface area contributed by atoms with E-state index in [-0.39, 0.29) is 17.5 Å². The molecule has 5 heteroatoms. The van der Waals surface area contributed by atoms with Gasteiger partial charge in [0.1, 0.15) is 5.82 Å². The van der Waals surface area contributed by atoms with Crippen LogP contribution in [0.15, 0.2) is 18.2 Å². The number of hydrogen-bond donors (Lipinski definition) is 1. The Hall–Kier alpha value is -1.46. The highest BCUT2D eigenvalue weighted by atomic mass is 19.1. The van der Waals surface area contributed by atoms with E-state index in [1.165, 1.54) is 12.1 Å². The Morgan fingerprint density at radius 2 is 1.95 bits per heavy atom. The minimum absolute atomic E-state index is 0.0523. The third kappa shape index (κ3) is 3.24. The molecule has 2 aliphatic heterocycles. The Labute approximate surface area is 124 Å². The van der Waals surface area contributed by atoms with Crippen LogP contribution in [0.5, 0.6) is 0 Å². The first-order chi connectivity index (χ1) is 10.3. The van der Waals surface area contributed by atoms with E-state index in [0.29, 0.717) is 31.9 Å². The van der Waals surface area contributed by atoms with Gasteiger partial charge in [0.05, 0.1) is 18.9 Å². The molecule has 3 rings (SSSR count). The molecule has 1 aromatic carbocycles. The van der Waals surface area contributed by atoms with E-state index in [2.05, 4.69) is 10.2 Å². The summed E-state index contributed by atoms with van der Waals surface area (Å²) in [6.45, 7) is 4.41. The van der Waals surface area contributed by atoms with Crippen LogP contribution in [-0.4, -0.2) is 45.2 Å². The van der Waals surface area contributed by atoms with Gasteiger partial charge in [0.25, 0.3) is 0 Å². The van der Waals surface area contributed by atoms with Crippen molar-refractivity contribution in [3.8, 4) is 0 Å². The molecule has 0 amide bonds. The van der Waals surface area contributed by atoms with Crippen molar-refractivity contribution in [2.24, 2.45) is 5.92 Å². The van der Waals surface area contributed by atoms with E-state index in [0.717, 1.165) is 31.6 Å². The minimum Gasteiger partial charge on any atom is -0.378 e. The van der Waals surface area contributed by atoms with Crippen LogP contribution in [0.3, 0.4) is 0 Å². The zero-order valence-electron chi connectivity index (χ0n) is 12.1. The molecule has 1 N–H and O–H groups in total. The second kappa shape index (κ2) is 6.54. The number of carbonyl (C=O) groups excluding carboxylic acids is 1. The fourth-order valence-corrected chi connectivity index (χ4v) is 3.08. The normalized spacial score (nSPS) is 20.5. The lowest BCUT2D eigenvalue weighted by Crippen LogP contribution is -2.38. The van der Waals surface area contributed by atoms with E-state index < -0.39 is 0 Å². The van der Waals surface area contributed by atoms with Crippen LogP contribution >= 0.6 is 0 Å². The number of morpholine rings is 1. The number of piperidine rings is 1. The molecule has 4 nitrogen and oxygen atoms in total. The maximum absolute atomic E-state index is 13.6. The van der Waals surface area contributed by atoms with Crippen LogP contribution < -0.4 is 10.2 Å². The first-order valence-corrected chi connectivity index (χ1v) is 7.63. The summed E-state index contributed by atoms with van der Waals surface area (Å²) in [5.41, 5.74) is 1.38. The molecule has 0 saturated carbocycles. The van der Waals surface area contributed by atoms with Gasteiger partial charge >= 0.3 is 0 Å².